The van der Waals surface area contributed by atoms with E-state index in [9.17, 15) is 9.59 Å². The average Bonchev–Trinajstić information content (AvgIpc) is 2.96. The highest BCUT2D eigenvalue weighted by Crippen LogP contribution is 2.22. The Hall–Kier alpha value is -3.09. The van der Waals surface area contributed by atoms with E-state index in [-0.39, 0.29) is 11.8 Å². The molecule has 0 bridgehead atoms. The molecule has 7 nitrogen and oxygen atoms in total. The number of amides is 2. The van der Waals surface area contributed by atoms with Crippen LogP contribution in [0.25, 0.3) is 0 Å². The lowest BCUT2D eigenvalue weighted by atomic mass is 10.2. The quantitative estimate of drug-likeness (QED) is 0.873. The van der Waals surface area contributed by atoms with Crippen molar-refractivity contribution >= 4 is 29.0 Å². The molecule has 1 aromatic carbocycles. The van der Waals surface area contributed by atoms with E-state index in [2.05, 4.69) is 15.6 Å². The normalized spacial score (nSPS) is 16.6. The van der Waals surface area contributed by atoms with Crippen LogP contribution in [0, 0.1) is 0 Å². The number of benzene rings is 1. The van der Waals surface area contributed by atoms with Gasteiger partial charge < -0.3 is 20.3 Å². The number of aromatic nitrogens is 1. The first-order chi connectivity index (χ1) is 12.1. The number of anilines is 3. The van der Waals surface area contributed by atoms with Crippen LogP contribution >= 0.6 is 0 Å². The zero-order valence-corrected chi connectivity index (χ0v) is 14.2. The molecule has 1 fully saturated rings. The summed E-state index contributed by atoms with van der Waals surface area (Å²) in [6, 6.07) is 10.7. The van der Waals surface area contributed by atoms with Crippen LogP contribution in [-0.4, -0.2) is 41.9 Å². The van der Waals surface area contributed by atoms with E-state index < -0.39 is 6.04 Å². The zero-order chi connectivity index (χ0) is 17.8. The SMILES string of the molecule is COc1cccc(Nc2ccc(NC(=O)[C@H]3CCC(=O)N3C)nc2)c1. The minimum atomic E-state index is -0.427. The minimum Gasteiger partial charge on any atom is -0.497 e. The molecule has 130 valence electrons. The van der Waals surface area contributed by atoms with Crippen molar-refractivity contribution in [2.75, 3.05) is 24.8 Å². The first-order valence-corrected chi connectivity index (χ1v) is 8.00. The van der Waals surface area contributed by atoms with Gasteiger partial charge in [-0.3, -0.25) is 9.59 Å². The molecule has 2 amide bonds. The number of likely N-dealkylation sites (tertiary alicyclic amines) is 1. The van der Waals surface area contributed by atoms with Gasteiger partial charge in [-0.1, -0.05) is 6.07 Å². The Morgan fingerprint density at radius 3 is 2.76 bits per heavy atom. The second-order valence-corrected chi connectivity index (χ2v) is 5.84. The fraction of sp³-hybridized carbons (Fsp3) is 0.278. The Morgan fingerprint density at radius 1 is 1.28 bits per heavy atom. The van der Waals surface area contributed by atoms with Crippen molar-refractivity contribution in [1.82, 2.24) is 9.88 Å². The molecule has 1 atom stereocenters. The molecule has 0 spiro atoms. The van der Waals surface area contributed by atoms with Crippen molar-refractivity contribution < 1.29 is 14.3 Å². The van der Waals surface area contributed by atoms with Crippen LogP contribution in [0.15, 0.2) is 42.6 Å². The predicted molar refractivity (Wildman–Crippen MR) is 94.9 cm³/mol. The lowest BCUT2D eigenvalue weighted by molar-refractivity contribution is -0.131. The summed E-state index contributed by atoms with van der Waals surface area (Å²) in [5, 5.41) is 5.97. The van der Waals surface area contributed by atoms with E-state index >= 15 is 0 Å². The number of ether oxygens (including phenoxy) is 1. The van der Waals surface area contributed by atoms with Crippen LogP contribution in [0.4, 0.5) is 17.2 Å². The predicted octanol–water partition coefficient (Wildman–Crippen LogP) is 2.39. The van der Waals surface area contributed by atoms with Crippen molar-refractivity contribution in [3.63, 3.8) is 0 Å². The maximum atomic E-state index is 12.2. The van der Waals surface area contributed by atoms with E-state index in [1.807, 2.05) is 30.3 Å². The van der Waals surface area contributed by atoms with E-state index in [0.29, 0.717) is 18.7 Å². The fourth-order valence-electron chi connectivity index (χ4n) is 2.73. The van der Waals surface area contributed by atoms with Crippen molar-refractivity contribution in [3.05, 3.63) is 42.6 Å². The highest BCUT2D eigenvalue weighted by Gasteiger charge is 2.33. The van der Waals surface area contributed by atoms with Gasteiger partial charge in [0.25, 0.3) is 0 Å². The highest BCUT2D eigenvalue weighted by molar-refractivity contribution is 5.98. The minimum absolute atomic E-state index is 0.00838. The molecule has 0 unspecified atom stereocenters. The molecule has 2 heterocycles. The van der Waals surface area contributed by atoms with E-state index in [4.69, 9.17) is 4.74 Å². The number of likely N-dealkylation sites (N-methyl/N-ethyl adjacent to an activating group) is 1. The van der Waals surface area contributed by atoms with Gasteiger partial charge in [0, 0.05) is 25.2 Å². The number of hydrogen-bond donors (Lipinski definition) is 2. The first-order valence-electron chi connectivity index (χ1n) is 8.00. The standard InChI is InChI=1S/C18H20N4O3/c1-22-15(7-9-17(22)23)18(24)21-16-8-6-13(11-19-16)20-12-4-3-5-14(10-12)25-2/h3-6,8,10-11,15,20H,7,9H2,1-2H3,(H,19,21,24)/t15-/m1/s1. The molecule has 25 heavy (non-hydrogen) atoms. The van der Waals surface area contributed by atoms with Crippen molar-refractivity contribution in [1.29, 1.82) is 0 Å². The Balaban J connectivity index is 1.62. The molecular formula is C18H20N4O3. The van der Waals surface area contributed by atoms with Crippen LogP contribution in [0.1, 0.15) is 12.8 Å². The molecule has 2 N–H and O–H groups in total. The van der Waals surface area contributed by atoms with Gasteiger partial charge in [-0.15, -0.1) is 0 Å². The third-order valence-corrected chi connectivity index (χ3v) is 4.17. The molecule has 1 aliphatic rings. The van der Waals surface area contributed by atoms with Gasteiger partial charge in [-0.05, 0) is 30.7 Å². The number of nitrogens with zero attached hydrogens (tertiary/aromatic N) is 2. The van der Waals surface area contributed by atoms with Gasteiger partial charge >= 0.3 is 0 Å². The largest absolute Gasteiger partial charge is 0.497 e. The van der Waals surface area contributed by atoms with E-state index in [1.54, 1.807) is 26.4 Å². The molecule has 0 saturated carbocycles. The van der Waals surface area contributed by atoms with Gasteiger partial charge in [0.15, 0.2) is 0 Å². The monoisotopic (exact) mass is 340 g/mol. The molecular weight excluding hydrogens is 320 g/mol. The van der Waals surface area contributed by atoms with Gasteiger partial charge in [0.05, 0.1) is 19.0 Å². The topological polar surface area (TPSA) is 83.6 Å². The highest BCUT2D eigenvalue weighted by atomic mass is 16.5. The van der Waals surface area contributed by atoms with Gasteiger partial charge in [0.2, 0.25) is 11.8 Å². The Bertz CT molecular complexity index is 776. The second kappa shape index (κ2) is 7.21. The number of hydrogen-bond acceptors (Lipinski definition) is 5. The Morgan fingerprint density at radius 2 is 2.12 bits per heavy atom. The number of rotatable bonds is 5. The van der Waals surface area contributed by atoms with Crippen LogP contribution in [-0.2, 0) is 9.59 Å². The van der Waals surface area contributed by atoms with E-state index in [1.165, 1.54) is 4.90 Å². The summed E-state index contributed by atoms with van der Waals surface area (Å²) in [5.74, 6) is 0.992. The summed E-state index contributed by atoms with van der Waals surface area (Å²) in [6.45, 7) is 0. The number of methoxy groups -OCH3 is 1. The van der Waals surface area contributed by atoms with Crippen LogP contribution in [0.3, 0.4) is 0 Å². The third kappa shape index (κ3) is 3.88. The number of pyridine rings is 1. The Labute approximate surface area is 146 Å². The maximum Gasteiger partial charge on any atom is 0.248 e. The number of carbonyl (C=O) groups is 2. The molecule has 2 aromatic rings. The summed E-state index contributed by atoms with van der Waals surface area (Å²) in [6.07, 6.45) is 2.58. The molecule has 0 aliphatic carbocycles. The van der Waals surface area contributed by atoms with Crippen molar-refractivity contribution in [2.45, 2.75) is 18.9 Å². The number of nitrogens with one attached hydrogen (secondary N) is 2. The smallest absolute Gasteiger partial charge is 0.248 e. The molecule has 1 aromatic heterocycles. The summed E-state index contributed by atoms with van der Waals surface area (Å²) in [4.78, 5) is 29.5. The van der Waals surface area contributed by atoms with Crippen LogP contribution < -0.4 is 15.4 Å². The zero-order valence-electron chi connectivity index (χ0n) is 14.2. The lowest BCUT2D eigenvalue weighted by Crippen LogP contribution is -2.39. The maximum absolute atomic E-state index is 12.2. The van der Waals surface area contributed by atoms with Gasteiger partial charge in [-0.25, -0.2) is 4.98 Å². The second-order valence-electron chi connectivity index (χ2n) is 5.84. The number of carbonyl (C=O) groups excluding carboxylic acids is 2. The lowest BCUT2D eigenvalue weighted by Gasteiger charge is -2.18. The summed E-state index contributed by atoms with van der Waals surface area (Å²) in [5.41, 5.74) is 1.67. The van der Waals surface area contributed by atoms with Crippen molar-refractivity contribution in [3.8, 4) is 5.75 Å². The average molecular weight is 340 g/mol. The molecule has 7 heteroatoms. The molecule has 3 rings (SSSR count). The van der Waals surface area contributed by atoms with Crippen LogP contribution in [0.5, 0.6) is 5.75 Å². The summed E-state index contributed by atoms with van der Waals surface area (Å²) >= 11 is 0. The molecule has 0 radical (unpaired) electrons. The summed E-state index contributed by atoms with van der Waals surface area (Å²) in [7, 11) is 3.27. The summed E-state index contributed by atoms with van der Waals surface area (Å²) < 4.78 is 5.19. The van der Waals surface area contributed by atoms with Crippen LogP contribution in [0.2, 0.25) is 0 Å². The fourth-order valence-corrected chi connectivity index (χ4v) is 2.73. The van der Waals surface area contributed by atoms with Crippen molar-refractivity contribution in [2.24, 2.45) is 0 Å². The van der Waals surface area contributed by atoms with Gasteiger partial charge in [0.1, 0.15) is 17.6 Å². The molecule has 1 saturated heterocycles. The van der Waals surface area contributed by atoms with Gasteiger partial charge in [-0.2, -0.15) is 0 Å². The molecule has 1 aliphatic heterocycles. The Kier molecular flexibility index (Phi) is 4.83. The first kappa shape index (κ1) is 16.8. The third-order valence-electron chi connectivity index (χ3n) is 4.17. The van der Waals surface area contributed by atoms with E-state index in [0.717, 1.165) is 17.1 Å².